The maximum absolute atomic E-state index is 13.0. The Labute approximate surface area is 79.4 Å². The summed E-state index contributed by atoms with van der Waals surface area (Å²) in [5.41, 5.74) is 0.304. The average molecular weight is 197 g/mol. The van der Waals surface area contributed by atoms with Gasteiger partial charge in [-0.25, -0.2) is 9.18 Å². The Hall–Kier alpha value is -1.91. The van der Waals surface area contributed by atoms with Crippen molar-refractivity contribution in [3.63, 3.8) is 0 Å². The highest BCUT2D eigenvalue weighted by molar-refractivity contribution is 5.90. The van der Waals surface area contributed by atoms with E-state index in [1.165, 1.54) is 0 Å². The predicted molar refractivity (Wildman–Crippen MR) is 47.8 cm³/mol. The molecule has 0 bridgehead atoms. The number of benzene rings is 1. The lowest BCUT2D eigenvalue weighted by molar-refractivity contribution is -0.105. The van der Waals surface area contributed by atoms with E-state index in [1.54, 1.807) is 6.92 Å². The topological polar surface area (TPSA) is 66.4 Å². The minimum absolute atomic E-state index is 0.291. The number of amides is 1. The van der Waals surface area contributed by atoms with Gasteiger partial charge in [-0.1, -0.05) is 0 Å². The average Bonchev–Trinajstić information content (AvgIpc) is 2.09. The normalized spacial score (nSPS) is 9.57. The van der Waals surface area contributed by atoms with Crippen molar-refractivity contribution in [1.82, 2.24) is 0 Å². The largest absolute Gasteiger partial charge is 0.478 e. The van der Waals surface area contributed by atoms with E-state index < -0.39 is 17.3 Å². The van der Waals surface area contributed by atoms with Gasteiger partial charge in [0.1, 0.15) is 5.82 Å². The molecule has 0 saturated carbocycles. The molecular formula is C9H8FNO3. The molecule has 2 N–H and O–H groups in total. The van der Waals surface area contributed by atoms with E-state index in [4.69, 9.17) is 5.11 Å². The Morgan fingerprint density at radius 3 is 2.71 bits per heavy atom. The molecular weight excluding hydrogens is 189 g/mol. The fourth-order valence-corrected chi connectivity index (χ4v) is 1.06. The first-order valence-corrected chi connectivity index (χ1v) is 3.80. The van der Waals surface area contributed by atoms with Crippen molar-refractivity contribution in [3.8, 4) is 0 Å². The monoisotopic (exact) mass is 197 g/mol. The molecule has 0 spiro atoms. The number of aryl methyl sites for hydroxylation is 1. The highest BCUT2D eigenvalue weighted by Crippen LogP contribution is 2.19. The molecule has 5 heteroatoms. The number of aromatic carboxylic acids is 1. The third-order valence-electron chi connectivity index (χ3n) is 1.76. The number of anilines is 1. The molecule has 74 valence electrons. The summed E-state index contributed by atoms with van der Waals surface area (Å²) < 4.78 is 13.0. The maximum atomic E-state index is 13.0. The van der Waals surface area contributed by atoms with Gasteiger partial charge in [-0.15, -0.1) is 0 Å². The molecule has 1 aromatic carbocycles. The van der Waals surface area contributed by atoms with Crippen LogP contribution in [-0.2, 0) is 4.79 Å². The van der Waals surface area contributed by atoms with Crippen LogP contribution in [0.25, 0.3) is 0 Å². The Bertz CT molecular complexity index is 390. The highest BCUT2D eigenvalue weighted by atomic mass is 19.1. The van der Waals surface area contributed by atoms with Crippen molar-refractivity contribution in [2.24, 2.45) is 0 Å². The van der Waals surface area contributed by atoms with E-state index in [2.05, 4.69) is 5.32 Å². The second-order valence-corrected chi connectivity index (χ2v) is 2.71. The van der Waals surface area contributed by atoms with Crippen LogP contribution in [-0.4, -0.2) is 17.5 Å². The van der Waals surface area contributed by atoms with Crippen molar-refractivity contribution in [1.29, 1.82) is 0 Å². The third kappa shape index (κ3) is 1.87. The van der Waals surface area contributed by atoms with Gasteiger partial charge in [0.2, 0.25) is 6.41 Å². The second-order valence-electron chi connectivity index (χ2n) is 2.71. The van der Waals surface area contributed by atoms with Gasteiger partial charge in [-0.3, -0.25) is 4.79 Å². The van der Waals surface area contributed by atoms with Gasteiger partial charge in [-0.2, -0.15) is 0 Å². The quantitative estimate of drug-likeness (QED) is 0.720. The summed E-state index contributed by atoms with van der Waals surface area (Å²) in [5, 5.41) is 10.9. The first kappa shape index (κ1) is 10.2. The Kier molecular flexibility index (Phi) is 2.81. The minimum Gasteiger partial charge on any atom is -0.478 e. The summed E-state index contributed by atoms with van der Waals surface area (Å²) in [4.78, 5) is 20.7. The van der Waals surface area contributed by atoms with Gasteiger partial charge < -0.3 is 10.4 Å². The molecule has 0 aromatic heterocycles. The molecule has 0 atom stereocenters. The molecule has 0 aliphatic carbocycles. The van der Waals surface area contributed by atoms with Crippen LogP contribution in [0.1, 0.15) is 15.9 Å². The molecule has 0 heterocycles. The van der Waals surface area contributed by atoms with E-state index in [-0.39, 0.29) is 0 Å². The molecule has 0 fully saturated rings. The van der Waals surface area contributed by atoms with Crippen molar-refractivity contribution in [2.45, 2.75) is 6.92 Å². The molecule has 1 aromatic rings. The Balaban J connectivity index is 3.26. The zero-order valence-corrected chi connectivity index (χ0v) is 7.37. The smallest absolute Gasteiger partial charge is 0.338 e. The van der Waals surface area contributed by atoms with Crippen LogP contribution in [0, 0.1) is 12.7 Å². The molecule has 0 unspecified atom stereocenters. The number of carboxylic acid groups (broad SMARTS) is 1. The first-order chi connectivity index (χ1) is 6.56. The third-order valence-corrected chi connectivity index (χ3v) is 1.76. The number of nitrogens with one attached hydrogen (secondary N) is 1. The van der Waals surface area contributed by atoms with E-state index in [9.17, 15) is 14.0 Å². The molecule has 0 aliphatic rings. The number of hydrogen-bond acceptors (Lipinski definition) is 2. The van der Waals surface area contributed by atoms with E-state index in [0.717, 1.165) is 12.1 Å². The molecule has 14 heavy (non-hydrogen) atoms. The van der Waals surface area contributed by atoms with Crippen LogP contribution >= 0.6 is 0 Å². The van der Waals surface area contributed by atoms with Crippen LogP contribution in [0.15, 0.2) is 12.1 Å². The highest BCUT2D eigenvalue weighted by Gasteiger charge is 2.12. The number of hydrogen-bond donors (Lipinski definition) is 2. The number of carbonyl (C=O) groups is 2. The van der Waals surface area contributed by atoms with Crippen molar-refractivity contribution in [3.05, 3.63) is 29.1 Å². The summed E-state index contributed by atoms with van der Waals surface area (Å²) in [6.45, 7) is 1.57. The van der Waals surface area contributed by atoms with Crippen LogP contribution < -0.4 is 5.32 Å². The van der Waals surface area contributed by atoms with Gasteiger partial charge in [-0.05, 0) is 24.6 Å². The number of rotatable bonds is 3. The standard InChI is InChI=1S/C9H8FNO3/c1-5-2-7(10)6(9(13)14)3-8(5)11-4-12/h2-4H,1H3,(H,11,12)(H,13,14). The first-order valence-electron chi connectivity index (χ1n) is 3.80. The number of carbonyl (C=O) groups excluding carboxylic acids is 1. The summed E-state index contributed by atoms with van der Waals surface area (Å²) in [6.07, 6.45) is 0.409. The van der Waals surface area contributed by atoms with Gasteiger partial charge in [0.15, 0.2) is 0 Å². The number of carboxylic acids is 1. The van der Waals surface area contributed by atoms with Crippen molar-refractivity contribution >= 4 is 18.1 Å². The summed E-state index contributed by atoms with van der Waals surface area (Å²) in [6, 6.07) is 2.15. The lowest BCUT2D eigenvalue weighted by Crippen LogP contribution is -2.04. The van der Waals surface area contributed by atoms with Crippen molar-refractivity contribution < 1.29 is 19.1 Å². The van der Waals surface area contributed by atoms with E-state index in [1.807, 2.05) is 0 Å². The summed E-state index contributed by atoms with van der Waals surface area (Å²) in [7, 11) is 0. The molecule has 0 aliphatic heterocycles. The molecule has 1 rings (SSSR count). The van der Waals surface area contributed by atoms with Gasteiger partial charge in [0, 0.05) is 5.69 Å². The van der Waals surface area contributed by atoms with Crippen LogP contribution in [0.5, 0.6) is 0 Å². The van der Waals surface area contributed by atoms with Crippen LogP contribution in [0.3, 0.4) is 0 Å². The zero-order valence-electron chi connectivity index (χ0n) is 7.37. The minimum atomic E-state index is -1.36. The van der Waals surface area contributed by atoms with Crippen LogP contribution in [0.4, 0.5) is 10.1 Å². The van der Waals surface area contributed by atoms with Gasteiger partial charge in [0.25, 0.3) is 0 Å². The van der Waals surface area contributed by atoms with Gasteiger partial charge >= 0.3 is 5.97 Å². The SMILES string of the molecule is Cc1cc(F)c(C(=O)O)cc1NC=O. The Morgan fingerprint density at radius 2 is 2.21 bits per heavy atom. The summed E-state index contributed by atoms with van der Waals surface area (Å²) in [5.74, 6) is -2.18. The Morgan fingerprint density at radius 1 is 1.57 bits per heavy atom. The zero-order chi connectivity index (χ0) is 10.7. The molecule has 1 amide bonds. The fraction of sp³-hybridized carbons (Fsp3) is 0.111. The maximum Gasteiger partial charge on any atom is 0.338 e. The number of halogens is 1. The van der Waals surface area contributed by atoms with Gasteiger partial charge in [0.05, 0.1) is 5.56 Å². The fourth-order valence-electron chi connectivity index (χ4n) is 1.06. The molecule has 0 saturated heterocycles. The predicted octanol–water partition coefficient (Wildman–Crippen LogP) is 1.40. The van der Waals surface area contributed by atoms with Crippen LogP contribution in [0.2, 0.25) is 0 Å². The van der Waals surface area contributed by atoms with E-state index >= 15 is 0 Å². The lowest BCUT2D eigenvalue weighted by atomic mass is 10.1. The van der Waals surface area contributed by atoms with Crippen molar-refractivity contribution in [2.75, 3.05) is 5.32 Å². The molecule has 4 nitrogen and oxygen atoms in total. The second kappa shape index (κ2) is 3.87. The van der Waals surface area contributed by atoms with E-state index in [0.29, 0.717) is 17.7 Å². The molecule has 0 radical (unpaired) electrons. The summed E-state index contributed by atoms with van der Waals surface area (Å²) >= 11 is 0. The lowest BCUT2D eigenvalue weighted by Gasteiger charge is -2.05.